The van der Waals surface area contributed by atoms with E-state index < -0.39 is 5.82 Å². The van der Waals surface area contributed by atoms with E-state index in [4.69, 9.17) is 4.42 Å². The Labute approximate surface area is 211 Å². The lowest BCUT2D eigenvalue weighted by Gasteiger charge is -2.10. The van der Waals surface area contributed by atoms with E-state index in [9.17, 15) is 9.18 Å². The van der Waals surface area contributed by atoms with E-state index in [0.29, 0.717) is 29.6 Å². The number of carbonyl (C=O) groups is 1. The second-order valence-corrected chi connectivity index (χ2v) is 8.08. The van der Waals surface area contributed by atoms with Gasteiger partial charge in [-0.25, -0.2) is 14.4 Å². The molecule has 6 aromatic rings. The standard InChI is InChI=1S/C27H18FN5O2.ClH/c28-23-12-24-22(11-21(23)26-9-7-20(15-34)35-26)27(30-16-29-24)32-19-6-8-25-18(10-19)13-31-33(25)14-17-4-2-1-3-5-17;/h1-13,15-16H,14H2,(H,29,30,32);1H. The van der Waals surface area contributed by atoms with Gasteiger partial charge in [-0.2, -0.15) is 5.10 Å². The monoisotopic (exact) mass is 499 g/mol. The smallest absolute Gasteiger partial charge is 0.185 e. The van der Waals surface area contributed by atoms with Crippen molar-refractivity contribution in [3.8, 4) is 11.3 Å². The molecule has 7 nitrogen and oxygen atoms in total. The van der Waals surface area contributed by atoms with Gasteiger partial charge < -0.3 is 9.73 Å². The Morgan fingerprint density at radius 3 is 2.67 bits per heavy atom. The Morgan fingerprint density at radius 1 is 1.00 bits per heavy atom. The summed E-state index contributed by atoms with van der Waals surface area (Å²) in [7, 11) is 0. The van der Waals surface area contributed by atoms with Crippen LogP contribution in [0.15, 0.2) is 89.7 Å². The molecule has 36 heavy (non-hydrogen) atoms. The molecule has 0 saturated heterocycles. The zero-order valence-electron chi connectivity index (χ0n) is 18.8. The lowest BCUT2D eigenvalue weighted by Crippen LogP contribution is -2.01. The number of rotatable bonds is 6. The minimum atomic E-state index is -0.499. The summed E-state index contributed by atoms with van der Waals surface area (Å²) in [5.74, 6) is 0.410. The second kappa shape index (κ2) is 9.59. The molecule has 6 rings (SSSR count). The van der Waals surface area contributed by atoms with Gasteiger partial charge >= 0.3 is 0 Å². The van der Waals surface area contributed by atoms with E-state index in [1.165, 1.54) is 24.0 Å². The van der Waals surface area contributed by atoms with Crippen LogP contribution in [-0.4, -0.2) is 26.0 Å². The average molecular weight is 500 g/mol. The number of carbonyl (C=O) groups excluding carboxylic acids is 1. The number of hydrogen-bond donors (Lipinski definition) is 1. The lowest BCUT2D eigenvalue weighted by molar-refractivity contribution is 0.110. The summed E-state index contributed by atoms with van der Waals surface area (Å²) in [6, 6.07) is 22.1. The summed E-state index contributed by atoms with van der Waals surface area (Å²) in [5.41, 5.74) is 3.67. The molecule has 0 fully saturated rings. The first-order valence-corrected chi connectivity index (χ1v) is 10.9. The molecular formula is C27H19ClFN5O2. The number of fused-ring (bicyclic) bond motifs is 2. The van der Waals surface area contributed by atoms with Crippen LogP contribution in [-0.2, 0) is 6.54 Å². The predicted octanol–water partition coefficient (Wildman–Crippen LogP) is 6.40. The van der Waals surface area contributed by atoms with E-state index in [2.05, 4.69) is 32.5 Å². The first-order chi connectivity index (χ1) is 17.2. The van der Waals surface area contributed by atoms with Gasteiger partial charge in [-0.15, -0.1) is 12.4 Å². The third kappa shape index (κ3) is 4.30. The molecule has 3 heterocycles. The van der Waals surface area contributed by atoms with E-state index in [1.807, 2.05) is 47.3 Å². The summed E-state index contributed by atoms with van der Waals surface area (Å²) in [5, 5.41) is 9.45. The first-order valence-electron chi connectivity index (χ1n) is 10.9. The van der Waals surface area contributed by atoms with Gasteiger partial charge in [0.05, 0.1) is 29.3 Å². The Bertz CT molecular complexity index is 1700. The maximum atomic E-state index is 14.8. The van der Waals surface area contributed by atoms with Crippen LogP contribution in [0.2, 0.25) is 0 Å². The SMILES string of the molecule is Cl.O=Cc1ccc(-c2cc3c(Nc4ccc5c(cnn5Cc5ccccc5)c4)ncnc3cc2F)o1. The Morgan fingerprint density at radius 2 is 1.86 bits per heavy atom. The number of furan rings is 1. The molecule has 0 aliphatic carbocycles. The van der Waals surface area contributed by atoms with Crippen molar-refractivity contribution in [2.24, 2.45) is 0 Å². The second-order valence-electron chi connectivity index (χ2n) is 8.08. The summed E-state index contributed by atoms with van der Waals surface area (Å²) in [6.45, 7) is 0.681. The normalized spacial score (nSPS) is 10.9. The van der Waals surface area contributed by atoms with Gasteiger partial charge in [0.1, 0.15) is 23.7 Å². The third-order valence-corrected chi connectivity index (χ3v) is 5.81. The summed E-state index contributed by atoms with van der Waals surface area (Å²) in [6.07, 6.45) is 3.80. The molecule has 0 unspecified atom stereocenters. The zero-order chi connectivity index (χ0) is 23.8. The number of nitrogens with zero attached hydrogens (tertiary/aromatic N) is 4. The molecule has 178 valence electrons. The average Bonchev–Trinajstić information content (AvgIpc) is 3.51. The fourth-order valence-corrected chi connectivity index (χ4v) is 4.11. The maximum absolute atomic E-state index is 14.8. The first kappa shape index (κ1) is 23.2. The summed E-state index contributed by atoms with van der Waals surface area (Å²) >= 11 is 0. The van der Waals surface area contributed by atoms with Crippen molar-refractivity contribution in [3.63, 3.8) is 0 Å². The van der Waals surface area contributed by atoms with Gasteiger partial charge in [0, 0.05) is 22.5 Å². The largest absolute Gasteiger partial charge is 0.453 e. The Balaban J connectivity index is 0.00000267. The zero-order valence-corrected chi connectivity index (χ0v) is 19.6. The van der Waals surface area contributed by atoms with E-state index in [-0.39, 0.29) is 29.5 Å². The predicted molar refractivity (Wildman–Crippen MR) is 138 cm³/mol. The van der Waals surface area contributed by atoms with Crippen LogP contribution in [0.25, 0.3) is 33.1 Å². The van der Waals surface area contributed by atoms with Crippen LogP contribution >= 0.6 is 12.4 Å². The minimum absolute atomic E-state index is 0. The van der Waals surface area contributed by atoms with Crippen molar-refractivity contribution < 1.29 is 13.6 Å². The highest BCUT2D eigenvalue weighted by atomic mass is 35.5. The van der Waals surface area contributed by atoms with E-state index >= 15 is 0 Å². The summed E-state index contributed by atoms with van der Waals surface area (Å²) < 4.78 is 22.2. The molecule has 0 bridgehead atoms. The van der Waals surface area contributed by atoms with Crippen molar-refractivity contribution in [3.05, 3.63) is 102 Å². The molecular weight excluding hydrogens is 481 g/mol. The Kier molecular flexibility index (Phi) is 6.18. The third-order valence-electron chi connectivity index (χ3n) is 5.81. The van der Waals surface area contributed by atoms with Crippen molar-refractivity contribution >= 4 is 52.0 Å². The molecule has 3 aromatic carbocycles. The molecule has 0 atom stereocenters. The number of aldehydes is 1. The number of nitrogens with one attached hydrogen (secondary N) is 1. The topological polar surface area (TPSA) is 85.8 Å². The van der Waals surface area contributed by atoms with Crippen LogP contribution < -0.4 is 5.32 Å². The van der Waals surface area contributed by atoms with Crippen molar-refractivity contribution in [1.29, 1.82) is 0 Å². The van der Waals surface area contributed by atoms with Gasteiger partial charge in [-0.3, -0.25) is 9.48 Å². The number of benzene rings is 3. The quantitative estimate of drug-likeness (QED) is 0.267. The minimum Gasteiger partial charge on any atom is -0.453 e. The fraction of sp³-hybridized carbons (Fsp3) is 0.0370. The molecule has 0 spiro atoms. The van der Waals surface area contributed by atoms with E-state index in [0.717, 1.165) is 16.6 Å². The number of halogens is 2. The van der Waals surface area contributed by atoms with Gasteiger partial charge in [0.15, 0.2) is 12.0 Å². The molecule has 3 aromatic heterocycles. The van der Waals surface area contributed by atoms with Crippen molar-refractivity contribution in [2.45, 2.75) is 6.54 Å². The van der Waals surface area contributed by atoms with Crippen LogP contribution in [0.4, 0.5) is 15.9 Å². The van der Waals surface area contributed by atoms with Gasteiger partial charge in [0.25, 0.3) is 0 Å². The Hall–Kier alpha value is -4.56. The lowest BCUT2D eigenvalue weighted by atomic mass is 10.1. The summed E-state index contributed by atoms with van der Waals surface area (Å²) in [4.78, 5) is 19.5. The van der Waals surface area contributed by atoms with Crippen molar-refractivity contribution in [2.75, 3.05) is 5.32 Å². The highest BCUT2D eigenvalue weighted by Gasteiger charge is 2.15. The molecule has 0 amide bonds. The molecule has 0 aliphatic rings. The highest BCUT2D eigenvalue weighted by Crippen LogP contribution is 2.32. The van der Waals surface area contributed by atoms with Gasteiger partial charge in [-0.1, -0.05) is 30.3 Å². The number of aromatic nitrogens is 4. The van der Waals surface area contributed by atoms with Crippen LogP contribution in [0.1, 0.15) is 16.1 Å². The van der Waals surface area contributed by atoms with Crippen LogP contribution in [0.5, 0.6) is 0 Å². The highest BCUT2D eigenvalue weighted by molar-refractivity contribution is 5.94. The van der Waals surface area contributed by atoms with Crippen LogP contribution in [0.3, 0.4) is 0 Å². The number of hydrogen-bond acceptors (Lipinski definition) is 6. The van der Waals surface area contributed by atoms with Crippen molar-refractivity contribution in [1.82, 2.24) is 19.7 Å². The molecule has 0 radical (unpaired) electrons. The molecule has 9 heteroatoms. The van der Waals surface area contributed by atoms with Gasteiger partial charge in [0.2, 0.25) is 0 Å². The maximum Gasteiger partial charge on any atom is 0.185 e. The number of anilines is 2. The molecule has 0 aliphatic heterocycles. The van der Waals surface area contributed by atoms with E-state index in [1.54, 1.807) is 12.1 Å². The molecule has 1 N–H and O–H groups in total. The van der Waals surface area contributed by atoms with Crippen LogP contribution in [0, 0.1) is 5.82 Å². The fourth-order valence-electron chi connectivity index (χ4n) is 4.11. The van der Waals surface area contributed by atoms with Gasteiger partial charge in [-0.05, 0) is 42.0 Å². The molecule has 0 saturated carbocycles.